The molecule has 0 radical (unpaired) electrons. The third kappa shape index (κ3) is 2.23. The van der Waals surface area contributed by atoms with Crippen molar-refractivity contribution in [1.82, 2.24) is 9.97 Å². The van der Waals surface area contributed by atoms with Crippen molar-refractivity contribution in [3.8, 4) is 28.3 Å². The average molecular weight is 286 g/mol. The first kappa shape index (κ1) is 12.7. The number of phenols is 1. The van der Waals surface area contributed by atoms with Crippen LogP contribution >= 0.6 is 0 Å². The van der Waals surface area contributed by atoms with Crippen LogP contribution < -0.4 is 0 Å². The SMILES string of the molecule is Oc1cccc(-c2ccc(-c3nc4ccccc4[nH]3)cc2)c1. The lowest BCUT2D eigenvalue weighted by Gasteiger charge is -2.03. The summed E-state index contributed by atoms with van der Waals surface area (Å²) < 4.78 is 0. The minimum Gasteiger partial charge on any atom is -0.508 e. The molecule has 0 unspecified atom stereocenters. The summed E-state index contributed by atoms with van der Waals surface area (Å²) in [6, 6.07) is 23.4. The van der Waals surface area contributed by atoms with Gasteiger partial charge in [0, 0.05) is 5.56 Å². The Labute approximate surface area is 127 Å². The van der Waals surface area contributed by atoms with Crippen LogP contribution in [0.2, 0.25) is 0 Å². The number of nitrogens with one attached hydrogen (secondary N) is 1. The van der Waals surface area contributed by atoms with Gasteiger partial charge in [0.05, 0.1) is 11.0 Å². The van der Waals surface area contributed by atoms with Crippen LogP contribution in [0, 0.1) is 0 Å². The number of rotatable bonds is 2. The maximum atomic E-state index is 9.57. The van der Waals surface area contributed by atoms with Crippen LogP contribution in [-0.2, 0) is 0 Å². The lowest BCUT2D eigenvalue weighted by molar-refractivity contribution is 0.475. The molecular weight excluding hydrogens is 272 g/mol. The van der Waals surface area contributed by atoms with Crippen molar-refractivity contribution in [2.75, 3.05) is 0 Å². The molecule has 4 aromatic rings. The molecule has 3 aromatic carbocycles. The molecule has 0 saturated heterocycles. The molecule has 1 aromatic heterocycles. The van der Waals surface area contributed by atoms with Gasteiger partial charge < -0.3 is 10.1 Å². The lowest BCUT2D eigenvalue weighted by atomic mass is 10.0. The van der Waals surface area contributed by atoms with Crippen LogP contribution in [0.1, 0.15) is 0 Å². The molecule has 106 valence electrons. The number of hydrogen-bond donors (Lipinski definition) is 2. The normalized spacial score (nSPS) is 10.9. The zero-order valence-electron chi connectivity index (χ0n) is 11.8. The second kappa shape index (κ2) is 5.04. The van der Waals surface area contributed by atoms with Gasteiger partial charge in [-0.15, -0.1) is 0 Å². The highest BCUT2D eigenvalue weighted by molar-refractivity contribution is 5.79. The summed E-state index contributed by atoms with van der Waals surface area (Å²) in [6.07, 6.45) is 0. The van der Waals surface area contributed by atoms with Crippen molar-refractivity contribution in [3.63, 3.8) is 0 Å². The van der Waals surface area contributed by atoms with E-state index in [0.29, 0.717) is 0 Å². The van der Waals surface area contributed by atoms with E-state index >= 15 is 0 Å². The van der Waals surface area contributed by atoms with Crippen LogP contribution in [0.3, 0.4) is 0 Å². The third-order valence-corrected chi connectivity index (χ3v) is 3.73. The molecule has 0 aliphatic carbocycles. The minimum atomic E-state index is 0.277. The van der Waals surface area contributed by atoms with Crippen molar-refractivity contribution in [3.05, 3.63) is 72.8 Å². The van der Waals surface area contributed by atoms with Crippen LogP contribution in [0.5, 0.6) is 5.75 Å². The van der Waals surface area contributed by atoms with Gasteiger partial charge in [-0.25, -0.2) is 4.98 Å². The van der Waals surface area contributed by atoms with Gasteiger partial charge in [-0.2, -0.15) is 0 Å². The Kier molecular flexibility index (Phi) is 2.90. The zero-order chi connectivity index (χ0) is 14.9. The van der Waals surface area contributed by atoms with E-state index in [0.717, 1.165) is 33.5 Å². The second-order valence-corrected chi connectivity index (χ2v) is 5.23. The number of hydrogen-bond acceptors (Lipinski definition) is 2. The Morgan fingerprint density at radius 1 is 0.727 bits per heavy atom. The fraction of sp³-hybridized carbons (Fsp3) is 0. The van der Waals surface area contributed by atoms with E-state index in [1.165, 1.54) is 0 Å². The van der Waals surface area contributed by atoms with Crippen molar-refractivity contribution < 1.29 is 5.11 Å². The highest BCUT2D eigenvalue weighted by Crippen LogP contribution is 2.26. The fourth-order valence-corrected chi connectivity index (χ4v) is 2.60. The van der Waals surface area contributed by atoms with E-state index < -0.39 is 0 Å². The van der Waals surface area contributed by atoms with Gasteiger partial charge >= 0.3 is 0 Å². The van der Waals surface area contributed by atoms with Gasteiger partial charge in [-0.3, -0.25) is 0 Å². The fourth-order valence-electron chi connectivity index (χ4n) is 2.60. The number of para-hydroxylation sites is 2. The molecule has 2 N–H and O–H groups in total. The largest absolute Gasteiger partial charge is 0.508 e. The Balaban J connectivity index is 1.72. The summed E-state index contributed by atoms with van der Waals surface area (Å²) in [5.41, 5.74) is 5.11. The number of aromatic hydroxyl groups is 1. The quantitative estimate of drug-likeness (QED) is 0.565. The molecule has 0 atom stereocenters. The predicted molar refractivity (Wildman–Crippen MR) is 88.6 cm³/mol. The summed E-state index contributed by atoms with van der Waals surface area (Å²) in [6.45, 7) is 0. The molecule has 3 heteroatoms. The molecule has 0 saturated carbocycles. The van der Waals surface area contributed by atoms with Crippen LogP contribution in [0.15, 0.2) is 72.8 Å². The Morgan fingerprint density at radius 2 is 1.50 bits per heavy atom. The van der Waals surface area contributed by atoms with E-state index in [9.17, 15) is 5.11 Å². The van der Waals surface area contributed by atoms with Crippen molar-refractivity contribution in [2.45, 2.75) is 0 Å². The summed E-state index contributed by atoms with van der Waals surface area (Å²) in [5, 5.41) is 9.57. The lowest BCUT2D eigenvalue weighted by Crippen LogP contribution is -1.82. The maximum absolute atomic E-state index is 9.57. The Bertz CT molecular complexity index is 906. The van der Waals surface area contributed by atoms with Crippen LogP contribution in [0.4, 0.5) is 0 Å². The third-order valence-electron chi connectivity index (χ3n) is 3.73. The monoisotopic (exact) mass is 286 g/mol. The molecule has 22 heavy (non-hydrogen) atoms. The zero-order valence-corrected chi connectivity index (χ0v) is 11.8. The summed E-state index contributed by atoms with van der Waals surface area (Å²) in [7, 11) is 0. The van der Waals surface area contributed by atoms with E-state index in [1.807, 2.05) is 60.7 Å². The first-order valence-corrected chi connectivity index (χ1v) is 7.14. The first-order chi connectivity index (χ1) is 10.8. The molecule has 0 spiro atoms. The van der Waals surface area contributed by atoms with Gasteiger partial charge in [-0.05, 0) is 35.4 Å². The molecule has 0 aliphatic rings. The second-order valence-electron chi connectivity index (χ2n) is 5.23. The van der Waals surface area contributed by atoms with Gasteiger partial charge in [0.2, 0.25) is 0 Å². The molecule has 4 rings (SSSR count). The average Bonchev–Trinajstić information content (AvgIpc) is 2.99. The Hall–Kier alpha value is -3.07. The number of H-pyrrole nitrogens is 1. The highest BCUT2D eigenvalue weighted by Gasteiger charge is 2.05. The van der Waals surface area contributed by atoms with E-state index in [2.05, 4.69) is 9.97 Å². The molecule has 0 aliphatic heterocycles. The summed E-state index contributed by atoms with van der Waals surface area (Å²) in [5.74, 6) is 1.14. The standard InChI is InChI=1S/C19H14N2O/c22-16-5-3-4-15(12-16)13-8-10-14(11-9-13)19-20-17-6-1-2-7-18(17)21-19/h1-12,22H,(H,20,21). The summed E-state index contributed by atoms with van der Waals surface area (Å²) in [4.78, 5) is 7.93. The predicted octanol–water partition coefficient (Wildman–Crippen LogP) is 4.60. The number of nitrogens with zero attached hydrogens (tertiary/aromatic N) is 1. The van der Waals surface area contributed by atoms with Crippen LogP contribution in [0.25, 0.3) is 33.5 Å². The number of fused-ring (bicyclic) bond motifs is 1. The molecule has 0 fully saturated rings. The van der Waals surface area contributed by atoms with E-state index in [-0.39, 0.29) is 5.75 Å². The van der Waals surface area contributed by atoms with Gasteiger partial charge in [0.1, 0.15) is 11.6 Å². The number of phenolic OH excluding ortho intramolecular Hbond substituents is 1. The number of aromatic nitrogens is 2. The maximum Gasteiger partial charge on any atom is 0.138 e. The summed E-state index contributed by atoms with van der Waals surface area (Å²) >= 11 is 0. The smallest absolute Gasteiger partial charge is 0.138 e. The number of aromatic amines is 1. The van der Waals surface area contributed by atoms with E-state index in [1.54, 1.807) is 12.1 Å². The molecule has 1 heterocycles. The number of benzene rings is 3. The molecule has 3 nitrogen and oxygen atoms in total. The minimum absolute atomic E-state index is 0.277. The van der Waals surface area contributed by atoms with E-state index in [4.69, 9.17) is 0 Å². The van der Waals surface area contributed by atoms with Crippen molar-refractivity contribution in [1.29, 1.82) is 0 Å². The Morgan fingerprint density at radius 3 is 2.27 bits per heavy atom. The first-order valence-electron chi connectivity index (χ1n) is 7.14. The van der Waals surface area contributed by atoms with Crippen molar-refractivity contribution >= 4 is 11.0 Å². The molecule has 0 bridgehead atoms. The number of imidazole rings is 1. The topological polar surface area (TPSA) is 48.9 Å². The van der Waals surface area contributed by atoms with Gasteiger partial charge in [0.25, 0.3) is 0 Å². The molecule has 0 amide bonds. The van der Waals surface area contributed by atoms with Gasteiger partial charge in [0.15, 0.2) is 0 Å². The van der Waals surface area contributed by atoms with Crippen LogP contribution in [-0.4, -0.2) is 15.1 Å². The van der Waals surface area contributed by atoms with Crippen molar-refractivity contribution in [2.24, 2.45) is 0 Å². The molecular formula is C19H14N2O. The van der Waals surface area contributed by atoms with Gasteiger partial charge in [-0.1, -0.05) is 48.5 Å². The highest BCUT2D eigenvalue weighted by atomic mass is 16.3.